The molecule has 0 saturated heterocycles. The van der Waals surface area contributed by atoms with Crippen LogP contribution in [0.2, 0.25) is 0 Å². The summed E-state index contributed by atoms with van der Waals surface area (Å²) >= 11 is 0. The van der Waals surface area contributed by atoms with Crippen LogP contribution >= 0.6 is 0 Å². The highest BCUT2D eigenvalue weighted by molar-refractivity contribution is 7.87. The summed E-state index contributed by atoms with van der Waals surface area (Å²) in [6, 6.07) is 9.61. The largest absolute Gasteiger partial charge is 0.468 e. The minimum atomic E-state index is -4.46. The second-order valence-corrected chi connectivity index (χ2v) is 5.57. The van der Waals surface area contributed by atoms with Gasteiger partial charge in [-0.1, -0.05) is 30.3 Å². The zero-order valence-electron chi connectivity index (χ0n) is 10.6. The average Bonchev–Trinajstić information content (AvgIpc) is 2.37. The number of esters is 1. The minimum Gasteiger partial charge on any atom is -0.468 e. The molecule has 106 valence electrons. The standard InChI is InChI=1S/C12H17NO5S/c1-18-12(14)11(19(15,16)17)9-13-8-7-10-5-3-2-4-6-10/h2-6,11,13H,7-9H2,1H3,(H,15,16,17). The fraction of sp³-hybridized carbons (Fsp3) is 0.417. The molecular weight excluding hydrogens is 270 g/mol. The zero-order valence-corrected chi connectivity index (χ0v) is 11.4. The van der Waals surface area contributed by atoms with Gasteiger partial charge < -0.3 is 10.1 Å². The van der Waals surface area contributed by atoms with E-state index >= 15 is 0 Å². The smallest absolute Gasteiger partial charge is 0.327 e. The molecule has 0 aliphatic heterocycles. The first-order valence-corrected chi connectivity index (χ1v) is 7.24. The van der Waals surface area contributed by atoms with Gasteiger partial charge in [0.25, 0.3) is 10.1 Å². The van der Waals surface area contributed by atoms with Crippen molar-refractivity contribution in [2.45, 2.75) is 11.7 Å². The van der Waals surface area contributed by atoms with Crippen LogP contribution in [-0.2, 0) is 26.1 Å². The molecule has 0 saturated carbocycles. The molecule has 0 radical (unpaired) electrons. The van der Waals surface area contributed by atoms with Gasteiger partial charge in [0.15, 0.2) is 5.25 Å². The summed E-state index contributed by atoms with van der Waals surface area (Å²) in [7, 11) is -3.38. The topological polar surface area (TPSA) is 92.7 Å². The highest BCUT2D eigenvalue weighted by Crippen LogP contribution is 2.01. The molecule has 0 aliphatic carbocycles. The molecule has 1 unspecified atom stereocenters. The predicted octanol–water partition coefficient (Wildman–Crippen LogP) is 0.248. The summed E-state index contributed by atoms with van der Waals surface area (Å²) in [6.45, 7) is 0.311. The Kier molecular flexibility index (Phi) is 5.94. The first kappa shape index (κ1) is 15.6. The lowest BCUT2D eigenvalue weighted by atomic mass is 10.1. The molecule has 0 heterocycles. The van der Waals surface area contributed by atoms with E-state index in [1.54, 1.807) is 0 Å². The lowest BCUT2D eigenvalue weighted by Gasteiger charge is -2.12. The van der Waals surface area contributed by atoms with Crippen molar-refractivity contribution in [3.05, 3.63) is 35.9 Å². The Hall–Kier alpha value is -1.44. The highest BCUT2D eigenvalue weighted by Gasteiger charge is 2.31. The van der Waals surface area contributed by atoms with Crippen molar-refractivity contribution in [3.63, 3.8) is 0 Å². The van der Waals surface area contributed by atoms with Gasteiger partial charge in [0, 0.05) is 6.54 Å². The number of hydrogen-bond acceptors (Lipinski definition) is 5. The lowest BCUT2D eigenvalue weighted by Crippen LogP contribution is -2.40. The van der Waals surface area contributed by atoms with E-state index in [2.05, 4.69) is 10.1 Å². The van der Waals surface area contributed by atoms with Gasteiger partial charge in [-0.15, -0.1) is 0 Å². The second kappa shape index (κ2) is 7.22. The van der Waals surface area contributed by atoms with Crippen LogP contribution in [-0.4, -0.2) is 44.4 Å². The van der Waals surface area contributed by atoms with Crippen LogP contribution in [0.4, 0.5) is 0 Å². The molecule has 1 aromatic rings. The zero-order chi connectivity index (χ0) is 14.3. The number of benzene rings is 1. The Morgan fingerprint density at radius 1 is 1.37 bits per heavy atom. The van der Waals surface area contributed by atoms with Crippen LogP contribution in [0.5, 0.6) is 0 Å². The van der Waals surface area contributed by atoms with Crippen LogP contribution in [0.15, 0.2) is 30.3 Å². The van der Waals surface area contributed by atoms with E-state index in [1.165, 1.54) is 0 Å². The van der Waals surface area contributed by atoms with Crippen LogP contribution in [0.3, 0.4) is 0 Å². The molecule has 1 rings (SSSR count). The molecule has 1 atom stereocenters. The summed E-state index contributed by atoms with van der Waals surface area (Å²) in [6.07, 6.45) is 0.695. The van der Waals surface area contributed by atoms with E-state index < -0.39 is 21.3 Å². The van der Waals surface area contributed by atoms with Crippen molar-refractivity contribution < 1.29 is 22.5 Å². The SMILES string of the molecule is COC(=O)C(CNCCc1ccccc1)S(=O)(=O)O. The maximum Gasteiger partial charge on any atom is 0.327 e. The number of ether oxygens (including phenoxy) is 1. The number of hydrogen-bond donors (Lipinski definition) is 2. The molecule has 6 nitrogen and oxygen atoms in total. The highest BCUT2D eigenvalue weighted by atomic mass is 32.2. The summed E-state index contributed by atoms with van der Waals surface area (Å²) < 4.78 is 35.3. The molecule has 19 heavy (non-hydrogen) atoms. The van der Waals surface area contributed by atoms with E-state index in [9.17, 15) is 13.2 Å². The van der Waals surface area contributed by atoms with E-state index in [0.717, 1.165) is 12.7 Å². The number of carbonyl (C=O) groups is 1. The second-order valence-electron chi connectivity index (χ2n) is 3.97. The van der Waals surface area contributed by atoms with Gasteiger partial charge in [-0.05, 0) is 18.5 Å². The van der Waals surface area contributed by atoms with Crippen LogP contribution in [0.25, 0.3) is 0 Å². The Balaban J connectivity index is 2.43. The van der Waals surface area contributed by atoms with E-state index in [0.29, 0.717) is 13.0 Å². The van der Waals surface area contributed by atoms with Crippen molar-refractivity contribution in [1.29, 1.82) is 0 Å². The Labute approximate surface area is 112 Å². The van der Waals surface area contributed by atoms with E-state index in [4.69, 9.17) is 4.55 Å². The van der Waals surface area contributed by atoms with Crippen molar-refractivity contribution in [2.24, 2.45) is 0 Å². The number of carbonyl (C=O) groups excluding carboxylic acids is 1. The Morgan fingerprint density at radius 2 is 2.00 bits per heavy atom. The summed E-state index contributed by atoms with van der Waals surface area (Å²) in [5.74, 6) is -0.977. The van der Waals surface area contributed by atoms with Gasteiger partial charge in [0.05, 0.1) is 7.11 Å². The minimum absolute atomic E-state index is 0.182. The lowest BCUT2D eigenvalue weighted by molar-refractivity contribution is -0.140. The maximum atomic E-state index is 11.2. The van der Waals surface area contributed by atoms with Crippen molar-refractivity contribution in [3.8, 4) is 0 Å². The quantitative estimate of drug-likeness (QED) is 0.424. The summed E-state index contributed by atoms with van der Waals surface area (Å²) in [5, 5.41) is 1.23. The van der Waals surface area contributed by atoms with Gasteiger partial charge in [-0.3, -0.25) is 9.35 Å². The maximum absolute atomic E-state index is 11.2. The predicted molar refractivity (Wildman–Crippen MR) is 70.4 cm³/mol. The van der Waals surface area contributed by atoms with Crippen LogP contribution < -0.4 is 5.32 Å². The molecule has 7 heteroatoms. The van der Waals surface area contributed by atoms with E-state index in [1.807, 2.05) is 30.3 Å². The van der Waals surface area contributed by atoms with Crippen LogP contribution in [0, 0.1) is 0 Å². The van der Waals surface area contributed by atoms with Crippen molar-refractivity contribution >= 4 is 16.1 Å². The average molecular weight is 287 g/mol. The fourth-order valence-corrected chi connectivity index (χ4v) is 2.22. The molecule has 0 spiro atoms. The first-order chi connectivity index (χ1) is 8.95. The summed E-state index contributed by atoms with van der Waals surface area (Å²) in [5.41, 5.74) is 1.09. The van der Waals surface area contributed by atoms with Gasteiger partial charge in [0.2, 0.25) is 0 Å². The van der Waals surface area contributed by atoms with Gasteiger partial charge >= 0.3 is 5.97 Å². The van der Waals surface area contributed by atoms with E-state index in [-0.39, 0.29) is 6.54 Å². The van der Waals surface area contributed by atoms with Gasteiger partial charge in [0.1, 0.15) is 0 Å². The first-order valence-electron chi connectivity index (χ1n) is 5.74. The molecule has 2 N–H and O–H groups in total. The Morgan fingerprint density at radius 3 is 2.53 bits per heavy atom. The molecule has 0 fully saturated rings. The molecular formula is C12H17NO5S. The third-order valence-corrected chi connectivity index (χ3v) is 3.66. The third-order valence-electron chi connectivity index (χ3n) is 2.59. The summed E-state index contributed by atoms with van der Waals surface area (Å²) in [4.78, 5) is 11.2. The molecule has 0 aliphatic rings. The molecule has 0 aromatic heterocycles. The monoisotopic (exact) mass is 287 g/mol. The number of methoxy groups -OCH3 is 1. The normalized spacial score (nSPS) is 12.9. The van der Waals surface area contributed by atoms with Gasteiger partial charge in [-0.25, -0.2) is 0 Å². The number of nitrogens with one attached hydrogen (secondary N) is 1. The molecule has 0 amide bonds. The van der Waals surface area contributed by atoms with Crippen molar-refractivity contribution in [2.75, 3.05) is 20.2 Å². The molecule has 0 bridgehead atoms. The van der Waals surface area contributed by atoms with Gasteiger partial charge in [-0.2, -0.15) is 8.42 Å². The van der Waals surface area contributed by atoms with Crippen LogP contribution in [0.1, 0.15) is 5.56 Å². The third kappa shape index (κ3) is 5.37. The Bertz CT molecular complexity index is 500. The molecule has 1 aromatic carbocycles. The fourth-order valence-electron chi connectivity index (χ4n) is 1.55. The number of rotatable bonds is 7. The van der Waals surface area contributed by atoms with Crippen molar-refractivity contribution in [1.82, 2.24) is 5.32 Å².